The summed E-state index contributed by atoms with van der Waals surface area (Å²) in [5.74, 6) is 0.257. The Morgan fingerprint density at radius 2 is 2.29 bits per heavy atom. The van der Waals surface area contributed by atoms with Gasteiger partial charge in [0.05, 0.1) is 13.2 Å². The zero-order valence-electron chi connectivity index (χ0n) is 8.49. The van der Waals surface area contributed by atoms with Gasteiger partial charge in [-0.05, 0) is 12.1 Å². The molecule has 0 aliphatic carbocycles. The quantitative estimate of drug-likeness (QED) is 0.659. The molecule has 2 aromatic rings. The van der Waals surface area contributed by atoms with Crippen LogP contribution in [0.25, 0.3) is 0 Å². The molecule has 10 heteroatoms. The molecule has 2 heterocycles. The Hall–Kier alpha value is -1.36. The standard InChI is InChI=1S/C7H9N5O3S2/c13-4-5-1-2-7(16-5)17(14,15)8-3-6-9-11-12-10-6/h1-2,8,13H,3-4H2,(H,9,10,11,12). The van der Waals surface area contributed by atoms with E-state index in [0.717, 1.165) is 11.3 Å². The van der Waals surface area contributed by atoms with Gasteiger partial charge in [-0.2, -0.15) is 5.21 Å². The Kier molecular flexibility index (Phi) is 3.47. The molecular weight excluding hydrogens is 266 g/mol. The van der Waals surface area contributed by atoms with Crippen LogP contribution in [0.5, 0.6) is 0 Å². The van der Waals surface area contributed by atoms with Crippen LogP contribution in [-0.4, -0.2) is 34.1 Å². The van der Waals surface area contributed by atoms with Gasteiger partial charge < -0.3 is 5.11 Å². The number of aliphatic hydroxyl groups is 1. The zero-order chi connectivity index (χ0) is 12.3. The number of aliphatic hydroxyl groups excluding tert-OH is 1. The van der Waals surface area contributed by atoms with E-state index in [1.165, 1.54) is 6.07 Å². The number of hydrogen-bond acceptors (Lipinski definition) is 7. The van der Waals surface area contributed by atoms with Crippen LogP contribution >= 0.6 is 11.3 Å². The fourth-order valence-corrected chi connectivity index (χ4v) is 3.32. The van der Waals surface area contributed by atoms with E-state index in [1.54, 1.807) is 6.07 Å². The Morgan fingerprint density at radius 3 is 2.88 bits per heavy atom. The Balaban J connectivity index is 2.08. The van der Waals surface area contributed by atoms with Gasteiger partial charge in [-0.3, -0.25) is 0 Å². The van der Waals surface area contributed by atoms with E-state index in [2.05, 4.69) is 25.3 Å². The summed E-state index contributed by atoms with van der Waals surface area (Å²) in [5.41, 5.74) is 0. The highest BCUT2D eigenvalue weighted by Crippen LogP contribution is 2.21. The van der Waals surface area contributed by atoms with Crippen LogP contribution in [0.3, 0.4) is 0 Å². The lowest BCUT2D eigenvalue weighted by atomic mass is 10.5. The average Bonchev–Trinajstić information content (AvgIpc) is 2.98. The van der Waals surface area contributed by atoms with Crippen molar-refractivity contribution in [1.29, 1.82) is 0 Å². The second kappa shape index (κ2) is 4.87. The summed E-state index contributed by atoms with van der Waals surface area (Å²) in [4.78, 5) is 0.588. The molecule has 17 heavy (non-hydrogen) atoms. The van der Waals surface area contributed by atoms with Crippen molar-refractivity contribution < 1.29 is 13.5 Å². The maximum absolute atomic E-state index is 11.8. The first-order chi connectivity index (χ1) is 8.12. The number of nitrogens with zero attached hydrogens (tertiary/aromatic N) is 3. The minimum absolute atomic E-state index is 0.0365. The van der Waals surface area contributed by atoms with Gasteiger partial charge in [0.25, 0.3) is 0 Å². The van der Waals surface area contributed by atoms with Gasteiger partial charge in [0.15, 0.2) is 5.82 Å². The molecular formula is C7H9N5O3S2. The molecule has 0 saturated carbocycles. The summed E-state index contributed by atoms with van der Waals surface area (Å²) in [6, 6.07) is 3.00. The van der Waals surface area contributed by atoms with Gasteiger partial charge >= 0.3 is 0 Å². The van der Waals surface area contributed by atoms with Crippen molar-refractivity contribution in [2.75, 3.05) is 0 Å². The summed E-state index contributed by atoms with van der Waals surface area (Å²) in [5, 5.41) is 21.6. The average molecular weight is 275 g/mol. The lowest BCUT2D eigenvalue weighted by molar-refractivity contribution is 0.285. The van der Waals surface area contributed by atoms with Crippen LogP contribution in [0.2, 0.25) is 0 Å². The Bertz CT molecular complexity index is 576. The molecule has 8 nitrogen and oxygen atoms in total. The number of nitrogens with one attached hydrogen (secondary N) is 2. The number of aromatic amines is 1. The first-order valence-corrected chi connectivity index (χ1v) is 6.83. The van der Waals surface area contributed by atoms with E-state index >= 15 is 0 Å². The molecule has 0 fully saturated rings. The predicted molar refractivity (Wildman–Crippen MR) is 58.4 cm³/mol. The fourth-order valence-electron chi connectivity index (χ4n) is 1.08. The van der Waals surface area contributed by atoms with Crippen LogP contribution in [0.1, 0.15) is 10.7 Å². The monoisotopic (exact) mass is 275 g/mol. The van der Waals surface area contributed by atoms with Gasteiger partial charge in [0, 0.05) is 4.88 Å². The second-order valence-corrected chi connectivity index (χ2v) is 6.19. The Labute approximate surface area is 101 Å². The van der Waals surface area contributed by atoms with Crippen LogP contribution in [0.4, 0.5) is 0 Å². The maximum atomic E-state index is 11.8. The fraction of sp³-hybridized carbons (Fsp3) is 0.286. The normalized spacial score (nSPS) is 11.8. The zero-order valence-corrected chi connectivity index (χ0v) is 10.1. The minimum atomic E-state index is -3.59. The van der Waals surface area contributed by atoms with Crippen molar-refractivity contribution in [3.8, 4) is 0 Å². The molecule has 0 atom stereocenters. The van der Waals surface area contributed by atoms with Crippen molar-refractivity contribution >= 4 is 21.4 Å². The summed E-state index contributed by atoms with van der Waals surface area (Å²) in [7, 11) is -3.59. The highest BCUT2D eigenvalue weighted by molar-refractivity contribution is 7.91. The predicted octanol–water partition coefficient (Wildman–Crippen LogP) is -0.768. The van der Waals surface area contributed by atoms with Crippen LogP contribution in [-0.2, 0) is 23.2 Å². The van der Waals surface area contributed by atoms with Crippen LogP contribution in [0, 0.1) is 0 Å². The number of thiophene rings is 1. The molecule has 0 aliphatic heterocycles. The van der Waals surface area contributed by atoms with Crippen molar-refractivity contribution in [2.45, 2.75) is 17.4 Å². The third-order valence-corrected chi connectivity index (χ3v) is 4.83. The summed E-state index contributed by atoms with van der Waals surface area (Å²) in [6.45, 7) is -0.212. The smallest absolute Gasteiger partial charge is 0.250 e. The summed E-state index contributed by atoms with van der Waals surface area (Å²) >= 11 is 1.01. The van der Waals surface area contributed by atoms with Gasteiger partial charge in [0.1, 0.15) is 4.21 Å². The lowest BCUT2D eigenvalue weighted by Gasteiger charge is -2.00. The van der Waals surface area contributed by atoms with Crippen molar-refractivity contribution in [2.24, 2.45) is 0 Å². The topological polar surface area (TPSA) is 121 Å². The highest BCUT2D eigenvalue weighted by Gasteiger charge is 2.17. The van der Waals surface area contributed by atoms with E-state index in [-0.39, 0.29) is 23.2 Å². The summed E-state index contributed by atoms with van der Waals surface area (Å²) < 4.78 is 26.1. The third kappa shape index (κ3) is 2.85. The first kappa shape index (κ1) is 12.1. The van der Waals surface area contributed by atoms with Crippen molar-refractivity contribution in [3.63, 3.8) is 0 Å². The van der Waals surface area contributed by atoms with Gasteiger partial charge in [-0.25, -0.2) is 13.1 Å². The van der Waals surface area contributed by atoms with Crippen LogP contribution < -0.4 is 4.72 Å². The van der Waals surface area contributed by atoms with Gasteiger partial charge in [0.2, 0.25) is 10.0 Å². The maximum Gasteiger partial charge on any atom is 0.250 e. The van der Waals surface area contributed by atoms with E-state index in [0.29, 0.717) is 4.88 Å². The molecule has 3 N–H and O–H groups in total. The number of sulfonamides is 1. The van der Waals surface area contributed by atoms with Gasteiger partial charge in [-0.15, -0.1) is 21.5 Å². The lowest BCUT2D eigenvalue weighted by Crippen LogP contribution is -2.23. The van der Waals surface area contributed by atoms with E-state index in [1.807, 2.05) is 0 Å². The summed E-state index contributed by atoms with van der Waals surface area (Å²) in [6.07, 6.45) is 0. The van der Waals surface area contributed by atoms with E-state index < -0.39 is 10.0 Å². The molecule has 0 unspecified atom stereocenters. The third-order valence-electron chi connectivity index (χ3n) is 1.87. The molecule has 0 bridgehead atoms. The van der Waals surface area contributed by atoms with E-state index in [9.17, 15) is 8.42 Å². The van der Waals surface area contributed by atoms with Crippen molar-refractivity contribution in [3.05, 3.63) is 22.8 Å². The number of tetrazole rings is 1. The van der Waals surface area contributed by atoms with E-state index in [4.69, 9.17) is 5.11 Å². The molecule has 0 radical (unpaired) electrons. The highest BCUT2D eigenvalue weighted by atomic mass is 32.2. The number of H-pyrrole nitrogens is 1. The first-order valence-electron chi connectivity index (χ1n) is 4.53. The van der Waals surface area contributed by atoms with Crippen LogP contribution in [0.15, 0.2) is 16.3 Å². The number of rotatable bonds is 5. The number of hydrogen-bond donors (Lipinski definition) is 3. The van der Waals surface area contributed by atoms with Gasteiger partial charge in [-0.1, -0.05) is 5.21 Å². The van der Waals surface area contributed by atoms with Crippen molar-refractivity contribution in [1.82, 2.24) is 25.3 Å². The Morgan fingerprint density at radius 1 is 1.47 bits per heavy atom. The SMILES string of the molecule is O=S(=O)(NCc1nn[nH]n1)c1ccc(CO)s1. The molecule has 92 valence electrons. The molecule has 2 aromatic heterocycles. The molecule has 0 amide bonds. The molecule has 0 saturated heterocycles. The minimum Gasteiger partial charge on any atom is -0.391 e. The second-order valence-electron chi connectivity index (χ2n) is 3.03. The number of aromatic nitrogens is 4. The molecule has 0 aromatic carbocycles. The largest absolute Gasteiger partial charge is 0.391 e. The molecule has 0 aliphatic rings. The molecule has 2 rings (SSSR count). The molecule has 0 spiro atoms.